The smallest absolute Gasteiger partial charge is 0.142 e. The molecule has 19 heavy (non-hydrogen) atoms. The maximum absolute atomic E-state index is 5.83. The van der Waals surface area contributed by atoms with Gasteiger partial charge in [0.2, 0.25) is 0 Å². The molecule has 0 unspecified atom stereocenters. The second kappa shape index (κ2) is 6.28. The first-order valence-corrected chi connectivity index (χ1v) is 6.73. The van der Waals surface area contributed by atoms with Gasteiger partial charge in [0.25, 0.3) is 0 Å². The summed E-state index contributed by atoms with van der Waals surface area (Å²) in [5, 5.41) is 0. The predicted octanol–water partition coefficient (Wildman–Crippen LogP) is 4.01. The van der Waals surface area contributed by atoms with E-state index in [1.807, 2.05) is 24.3 Å². The summed E-state index contributed by atoms with van der Waals surface area (Å²) in [5.41, 5.74) is 9.18. The van der Waals surface area contributed by atoms with Crippen molar-refractivity contribution < 1.29 is 4.74 Å². The van der Waals surface area contributed by atoms with Crippen LogP contribution in [0.25, 0.3) is 0 Å². The van der Waals surface area contributed by atoms with Gasteiger partial charge in [-0.1, -0.05) is 50.2 Å². The molecule has 0 aliphatic rings. The lowest BCUT2D eigenvalue weighted by Crippen LogP contribution is -2.03. The Morgan fingerprint density at radius 3 is 2.32 bits per heavy atom. The van der Waals surface area contributed by atoms with Crippen LogP contribution in [0.15, 0.2) is 48.5 Å². The fraction of sp³-hybridized carbons (Fsp3) is 0.294. The highest BCUT2D eigenvalue weighted by atomic mass is 16.5. The summed E-state index contributed by atoms with van der Waals surface area (Å²) in [6.07, 6.45) is 0.896. The fourth-order valence-corrected chi connectivity index (χ4v) is 1.96. The van der Waals surface area contributed by atoms with Crippen molar-refractivity contribution in [3.8, 4) is 5.75 Å². The second-order valence-electron chi connectivity index (χ2n) is 5.03. The Hall–Kier alpha value is -1.96. The first kappa shape index (κ1) is 13.5. The number of rotatable bonds is 5. The molecule has 2 heteroatoms. The van der Waals surface area contributed by atoms with Gasteiger partial charge in [0.05, 0.1) is 12.3 Å². The van der Waals surface area contributed by atoms with E-state index in [1.165, 1.54) is 11.1 Å². The first-order chi connectivity index (χ1) is 9.16. The summed E-state index contributed by atoms with van der Waals surface area (Å²) >= 11 is 0. The average molecular weight is 255 g/mol. The van der Waals surface area contributed by atoms with Crippen molar-refractivity contribution in [2.75, 3.05) is 12.3 Å². The van der Waals surface area contributed by atoms with E-state index in [0.29, 0.717) is 18.2 Å². The molecule has 0 radical (unpaired) electrons. The molecule has 100 valence electrons. The van der Waals surface area contributed by atoms with Crippen molar-refractivity contribution in [3.63, 3.8) is 0 Å². The van der Waals surface area contributed by atoms with Crippen LogP contribution in [0.4, 0.5) is 5.69 Å². The van der Waals surface area contributed by atoms with Crippen molar-refractivity contribution in [1.82, 2.24) is 0 Å². The predicted molar refractivity (Wildman–Crippen MR) is 80.6 cm³/mol. The Kier molecular flexibility index (Phi) is 4.45. The van der Waals surface area contributed by atoms with Gasteiger partial charge in [-0.15, -0.1) is 0 Å². The van der Waals surface area contributed by atoms with Crippen molar-refractivity contribution in [3.05, 3.63) is 59.7 Å². The molecular formula is C17H21NO. The van der Waals surface area contributed by atoms with Gasteiger partial charge in [-0.2, -0.15) is 0 Å². The minimum Gasteiger partial charge on any atom is -0.491 e. The molecule has 0 spiro atoms. The monoisotopic (exact) mass is 255 g/mol. The van der Waals surface area contributed by atoms with Crippen LogP contribution in [0, 0.1) is 0 Å². The molecule has 0 bridgehead atoms. The lowest BCUT2D eigenvalue weighted by Gasteiger charge is -2.09. The van der Waals surface area contributed by atoms with Gasteiger partial charge in [0, 0.05) is 6.42 Å². The third-order valence-electron chi connectivity index (χ3n) is 3.21. The van der Waals surface area contributed by atoms with Crippen molar-refractivity contribution in [1.29, 1.82) is 0 Å². The molecule has 2 aromatic carbocycles. The number of ether oxygens (including phenoxy) is 1. The van der Waals surface area contributed by atoms with Crippen LogP contribution >= 0.6 is 0 Å². The Morgan fingerprint density at radius 1 is 1.00 bits per heavy atom. The van der Waals surface area contributed by atoms with E-state index in [1.54, 1.807) is 0 Å². The minimum absolute atomic E-state index is 0.578. The quantitative estimate of drug-likeness (QED) is 0.819. The molecule has 0 atom stereocenters. The summed E-state index contributed by atoms with van der Waals surface area (Å²) in [4.78, 5) is 0. The molecule has 0 aromatic heterocycles. The van der Waals surface area contributed by atoms with Crippen LogP contribution in [0.5, 0.6) is 5.75 Å². The van der Waals surface area contributed by atoms with Gasteiger partial charge in [0.1, 0.15) is 5.75 Å². The molecule has 0 fully saturated rings. The molecule has 0 amide bonds. The Bertz CT molecular complexity index is 517. The number of benzene rings is 2. The summed E-state index contributed by atoms with van der Waals surface area (Å²) in [5.74, 6) is 1.34. The van der Waals surface area contributed by atoms with Crippen LogP contribution in [0.3, 0.4) is 0 Å². The Balaban J connectivity index is 1.87. The Morgan fingerprint density at radius 2 is 1.68 bits per heavy atom. The maximum Gasteiger partial charge on any atom is 0.142 e. The topological polar surface area (TPSA) is 35.2 Å². The second-order valence-corrected chi connectivity index (χ2v) is 5.03. The van der Waals surface area contributed by atoms with Crippen LogP contribution in [0.2, 0.25) is 0 Å². The van der Waals surface area contributed by atoms with Gasteiger partial charge in [0.15, 0.2) is 0 Å². The summed E-state index contributed by atoms with van der Waals surface area (Å²) in [6, 6.07) is 16.3. The fourth-order valence-electron chi connectivity index (χ4n) is 1.96. The number of nitrogen functional groups attached to an aromatic ring is 1. The Labute approximate surface area is 115 Å². The highest BCUT2D eigenvalue weighted by Crippen LogP contribution is 2.20. The van der Waals surface area contributed by atoms with Crippen LogP contribution in [0.1, 0.15) is 30.9 Å². The van der Waals surface area contributed by atoms with Crippen LogP contribution in [-0.4, -0.2) is 6.61 Å². The van der Waals surface area contributed by atoms with Gasteiger partial charge >= 0.3 is 0 Å². The summed E-state index contributed by atoms with van der Waals surface area (Å²) < 4.78 is 5.69. The largest absolute Gasteiger partial charge is 0.491 e. The molecule has 0 heterocycles. The number of anilines is 1. The zero-order valence-corrected chi connectivity index (χ0v) is 11.6. The summed E-state index contributed by atoms with van der Waals surface area (Å²) in [6.45, 7) is 5.06. The first-order valence-electron chi connectivity index (χ1n) is 6.73. The van der Waals surface area contributed by atoms with Crippen LogP contribution in [-0.2, 0) is 6.42 Å². The summed E-state index contributed by atoms with van der Waals surface area (Å²) in [7, 11) is 0. The van der Waals surface area contributed by atoms with Gasteiger partial charge in [-0.3, -0.25) is 0 Å². The molecule has 0 aliphatic heterocycles. The van der Waals surface area contributed by atoms with Crippen molar-refractivity contribution in [2.45, 2.75) is 26.2 Å². The number of hydrogen-bond donors (Lipinski definition) is 1. The highest BCUT2D eigenvalue weighted by molar-refractivity contribution is 5.51. The van der Waals surface area contributed by atoms with Crippen LogP contribution < -0.4 is 10.5 Å². The maximum atomic E-state index is 5.83. The van der Waals surface area contributed by atoms with Crippen molar-refractivity contribution in [2.24, 2.45) is 0 Å². The number of hydrogen-bond acceptors (Lipinski definition) is 2. The molecule has 2 nitrogen and oxygen atoms in total. The zero-order valence-electron chi connectivity index (χ0n) is 11.6. The van der Waals surface area contributed by atoms with E-state index in [2.05, 4.69) is 38.1 Å². The van der Waals surface area contributed by atoms with Gasteiger partial charge in [-0.05, 0) is 29.2 Å². The standard InChI is InChI=1S/C17H21NO/c1-13(2)15-9-7-14(8-10-15)11-12-19-17-6-4-3-5-16(17)18/h3-10,13H,11-12,18H2,1-2H3. The molecule has 0 saturated heterocycles. The number of nitrogens with two attached hydrogens (primary N) is 1. The lowest BCUT2D eigenvalue weighted by molar-refractivity contribution is 0.323. The molecule has 2 aromatic rings. The molecular weight excluding hydrogens is 234 g/mol. The normalized spacial score (nSPS) is 10.7. The van der Waals surface area contributed by atoms with E-state index in [0.717, 1.165) is 12.2 Å². The minimum atomic E-state index is 0.578. The van der Waals surface area contributed by atoms with Gasteiger partial charge in [-0.25, -0.2) is 0 Å². The highest BCUT2D eigenvalue weighted by Gasteiger charge is 2.01. The third kappa shape index (κ3) is 3.75. The SMILES string of the molecule is CC(C)c1ccc(CCOc2ccccc2N)cc1. The molecule has 2 N–H and O–H groups in total. The van der Waals surface area contributed by atoms with E-state index in [9.17, 15) is 0 Å². The molecule has 0 aliphatic carbocycles. The average Bonchev–Trinajstić information content (AvgIpc) is 2.41. The van der Waals surface area contributed by atoms with Crippen molar-refractivity contribution >= 4 is 5.69 Å². The molecule has 2 rings (SSSR count). The van der Waals surface area contributed by atoms with E-state index in [-0.39, 0.29) is 0 Å². The van der Waals surface area contributed by atoms with E-state index in [4.69, 9.17) is 10.5 Å². The van der Waals surface area contributed by atoms with E-state index >= 15 is 0 Å². The zero-order chi connectivity index (χ0) is 13.7. The van der Waals surface area contributed by atoms with E-state index < -0.39 is 0 Å². The third-order valence-corrected chi connectivity index (χ3v) is 3.21. The number of para-hydroxylation sites is 2. The lowest BCUT2D eigenvalue weighted by atomic mass is 10.0. The van der Waals surface area contributed by atoms with Gasteiger partial charge < -0.3 is 10.5 Å². The molecule has 0 saturated carbocycles.